The molecule has 0 unspecified atom stereocenters. The van der Waals surface area contributed by atoms with Crippen LogP contribution in [0.4, 0.5) is 5.69 Å². The number of rotatable bonds is 4. The van der Waals surface area contributed by atoms with E-state index in [1.54, 1.807) is 17.1 Å². The van der Waals surface area contributed by atoms with E-state index < -0.39 is 0 Å². The molecule has 0 saturated carbocycles. The summed E-state index contributed by atoms with van der Waals surface area (Å²) in [5.74, 6) is 0.621. The Balaban J connectivity index is 1.85. The van der Waals surface area contributed by atoms with Crippen LogP contribution in [0.1, 0.15) is 20.4 Å². The van der Waals surface area contributed by atoms with Gasteiger partial charge in [0.25, 0.3) is 5.91 Å². The third-order valence-corrected chi connectivity index (χ3v) is 3.53. The molecule has 7 heteroatoms. The van der Waals surface area contributed by atoms with Gasteiger partial charge in [0, 0.05) is 30.6 Å². The number of thiophene rings is 1. The Labute approximate surface area is 109 Å². The first-order valence-electron chi connectivity index (χ1n) is 5.55. The molecule has 2 aromatic rings. The lowest BCUT2D eigenvalue weighted by molar-refractivity contribution is 0.0958. The van der Waals surface area contributed by atoms with Crippen molar-refractivity contribution in [2.45, 2.75) is 13.3 Å². The molecule has 0 aromatic carbocycles. The quantitative estimate of drug-likeness (QED) is 0.853. The predicted molar refractivity (Wildman–Crippen MR) is 70.5 cm³/mol. The number of nitrogen functional groups attached to an aromatic ring is 1. The van der Waals surface area contributed by atoms with Crippen molar-refractivity contribution in [2.24, 2.45) is 7.05 Å². The molecule has 0 aliphatic rings. The average molecular weight is 265 g/mol. The lowest BCUT2D eigenvalue weighted by Gasteiger charge is -2.00. The first-order valence-corrected chi connectivity index (χ1v) is 6.36. The molecule has 0 fully saturated rings. The van der Waals surface area contributed by atoms with Crippen LogP contribution in [0, 0.1) is 6.92 Å². The lowest BCUT2D eigenvalue weighted by Crippen LogP contribution is -2.25. The number of carbonyl (C=O) groups is 1. The van der Waals surface area contributed by atoms with Crippen LogP contribution in [0.25, 0.3) is 0 Å². The van der Waals surface area contributed by atoms with Crippen LogP contribution in [-0.2, 0) is 13.5 Å². The summed E-state index contributed by atoms with van der Waals surface area (Å²) >= 11 is 1.40. The molecule has 0 saturated heterocycles. The first kappa shape index (κ1) is 12.6. The summed E-state index contributed by atoms with van der Waals surface area (Å²) in [6, 6.07) is 1.70. The van der Waals surface area contributed by atoms with Gasteiger partial charge in [0.15, 0.2) is 5.82 Å². The molecule has 0 spiro atoms. The van der Waals surface area contributed by atoms with Crippen LogP contribution in [0.3, 0.4) is 0 Å². The van der Waals surface area contributed by atoms with E-state index in [0.717, 1.165) is 10.7 Å². The Bertz CT molecular complexity index is 540. The SMILES string of the molecule is Cc1sc(C(=O)NCCc2ncn(C)n2)cc1N. The number of nitrogens with two attached hydrogens (primary N) is 1. The molecule has 0 bridgehead atoms. The number of anilines is 1. The Morgan fingerprint density at radius 2 is 2.39 bits per heavy atom. The topological polar surface area (TPSA) is 85.8 Å². The highest BCUT2D eigenvalue weighted by atomic mass is 32.1. The van der Waals surface area contributed by atoms with E-state index in [0.29, 0.717) is 23.5 Å². The van der Waals surface area contributed by atoms with Crippen molar-refractivity contribution in [1.29, 1.82) is 0 Å². The number of hydrogen-bond acceptors (Lipinski definition) is 5. The van der Waals surface area contributed by atoms with Crippen molar-refractivity contribution in [3.63, 3.8) is 0 Å². The van der Waals surface area contributed by atoms with Gasteiger partial charge in [-0.05, 0) is 13.0 Å². The van der Waals surface area contributed by atoms with Crippen molar-refractivity contribution in [1.82, 2.24) is 20.1 Å². The Morgan fingerprint density at radius 1 is 1.61 bits per heavy atom. The van der Waals surface area contributed by atoms with Gasteiger partial charge in [0.05, 0.1) is 4.88 Å². The Kier molecular flexibility index (Phi) is 3.61. The van der Waals surface area contributed by atoms with Crippen LogP contribution >= 0.6 is 11.3 Å². The maximum absolute atomic E-state index is 11.8. The van der Waals surface area contributed by atoms with E-state index in [-0.39, 0.29) is 5.91 Å². The molecular weight excluding hydrogens is 250 g/mol. The molecule has 3 N–H and O–H groups in total. The highest BCUT2D eigenvalue weighted by Gasteiger charge is 2.10. The van der Waals surface area contributed by atoms with Crippen LogP contribution in [0.2, 0.25) is 0 Å². The number of aromatic nitrogens is 3. The van der Waals surface area contributed by atoms with E-state index in [4.69, 9.17) is 5.73 Å². The van der Waals surface area contributed by atoms with Crippen molar-refractivity contribution >= 4 is 22.9 Å². The third-order valence-electron chi connectivity index (χ3n) is 2.46. The molecule has 18 heavy (non-hydrogen) atoms. The summed E-state index contributed by atoms with van der Waals surface area (Å²) in [4.78, 5) is 17.5. The fourth-order valence-electron chi connectivity index (χ4n) is 1.48. The van der Waals surface area contributed by atoms with E-state index in [9.17, 15) is 4.79 Å². The minimum Gasteiger partial charge on any atom is -0.398 e. The molecular formula is C11H15N5OS. The van der Waals surface area contributed by atoms with Crippen LogP contribution in [0.5, 0.6) is 0 Å². The van der Waals surface area contributed by atoms with E-state index in [1.165, 1.54) is 11.3 Å². The van der Waals surface area contributed by atoms with Gasteiger partial charge < -0.3 is 11.1 Å². The number of nitrogens with zero attached hydrogens (tertiary/aromatic N) is 3. The first-order chi connectivity index (χ1) is 8.56. The second-order valence-electron chi connectivity index (χ2n) is 3.96. The summed E-state index contributed by atoms with van der Waals surface area (Å²) in [5, 5.41) is 6.96. The van der Waals surface area contributed by atoms with Crippen molar-refractivity contribution < 1.29 is 4.79 Å². The summed E-state index contributed by atoms with van der Waals surface area (Å²) in [7, 11) is 1.81. The number of amides is 1. The molecule has 0 aliphatic carbocycles. The predicted octanol–water partition coefficient (Wildman–Crippen LogP) is 0.740. The molecule has 2 rings (SSSR count). The molecule has 1 amide bonds. The van der Waals surface area contributed by atoms with Crippen LogP contribution in [0.15, 0.2) is 12.4 Å². The maximum atomic E-state index is 11.8. The van der Waals surface area contributed by atoms with Gasteiger partial charge in [-0.2, -0.15) is 5.10 Å². The fraction of sp³-hybridized carbons (Fsp3) is 0.364. The lowest BCUT2D eigenvalue weighted by atomic mass is 10.3. The second kappa shape index (κ2) is 5.18. The average Bonchev–Trinajstić information content (AvgIpc) is 2.87. The highest BCUT2D eigenvalue weighted by Crippen LogP contribution is 2.22. The minimum atomic E-state index is -0.101. The highest BCUT2D eigenvalue weighted by molar-refractivity contribution is 7.14. The zero-order valence-corrected chi connectivity index (χ0v) is 11.1. The van der Waals surface area contributed by atoms with E-state index in [1.807, 2.05) is 14.0 Å². The normalized spacial score (nSPS) is 10.6. The number of hydrogen-bond donors (Lipinski definition) is 2. The number of aryl methyl sites for hydroxylation is 2. The second-order valence-corrected chi connectivity index (χ2v) is 5.22. The molecule has 2 aromatic heterocycles. The van der Waals surface area contributed by atoms with Crippen molar-refractivity contribution in [3.05, 3.63) is 28.0 Å². The van der Waals surface area contributed by atoms with Crippen LogP contribution in [-0.4, -0.2) is 27.2 Å². The monoisotopic (exact) mass is 265 g/mol. The van der Waals surface area contributed by atoms with Gasteiger partial charge >= 0.3 is 0 Å². The van der Waals surface area contributed by atoms with Gasteiger partial charge in [-0.1, -0.05) is 0 Å². The molecule has 0 atom stereocenters. The largest absolute Gasteiger partial charge is 0.398 e. The zero-order valence-electron chi connectivity index (χ0n) is 10.3. The summed E-state index contributed by atoms with van der Waals surface area (Å²) in [6.07, 6.45) is 2.26. The molecule has 2 heterocycles. The van der Waals surface area contributed by atoms with Gasteiger partial charge in [0.2, 0.25) is 0 Å². The van der Waals surface area contributed by atoms with E-state index in [2.05, 4.69) is 15.4 Å². The van der Waals surface area contributed by atoms with Crippen molar-refractivity contribution in [2.75, 3.05) is 12.3 Å². The molecule has 6 nitrogen and oxygen atoms in total. The van der Waals surface area contributed by atoms with Crippen molar-refractivity contribution in [3.8, 4) is 0 Å². The van der Waals surface area contributed by atoms with E-state index >= 15 is 0 Å². The summed E-state index contributed by atoms with van der Waals surface area (Å²) < 4.78 is 1.64. The maximum Gasteiger partial charge on any atom is 0.261 e. The standard InChI is InChI=1S/C11H15N5OS/c1-7-8(12)5-9(18-7)11(17)13-4-3-10-14-6-16(2)15-10/h5-6H,3-4,12H2,1-2H3,(H,13,17). The molecule has 96 valence electrons. The van der Waals surface area contributed by atoms with Gasteiger partial charge in [-0.25, -0.2) is 4.98 Å². The zero-order chi connectivity index (χ0) is 13.1. The number of carbonyl (C=O) groups excluding carboxylic acids is 1. The summed E-state index contributed by atoms with van der Waals surface area (Å²) in [6.45, 7) is 2.41. The van der Waals surface area contributed by atoms with Gasteiger partial charge in [-0.3, -0.25) is 9.48 Å². The smallest absolute Gasteiger partial charge is 0.261 e. The molecule has 0 radical (unpaired) electrons. The minimum absolute atomic E-state index is 0.101. The summed E-state index contributed by atoms with van der Waals surface area (Å²) in [5.41, 5.74) is 6.37. The van der Waals surface area contributed by atoms with Gasteiger partial charge in [-0.15, -0.1) is 11.3 Å². The Morgan fingerprint density at radius 3 is 2.94 bits per heavy atom. The third kappa shape index (κ3) is 2.86. The molecule has 0 aliphatic heterocycles. The van der Waals surface area contributed by atoms with Gasteiger partial charge in [0.1, 0.15) is 6.33 Å². The number of nitrogens with one attached hydrogen (secondary N) is 1. The Hall–Kier alpha value is -1.89. The van der Waals surface area contributed by atoms with Crippen LogP contribution < -0.4 is 11.1 Å². The fourth-order valence-corrected chi connectivity index (χ4v) is 2.34.